The molecule has 13 rings (SSSR count). The summed E-state index contributed by atoms with van der Waals surface area (Å²) in [6.07, 6.45) is 6.87. The van der Waals surface area contributed by atoms with Gasteiger partial charge in [0, 0.05) is 87.1 Å². The molecule has 4 fully saturated rings. The zero-order valence-corrected chi connectivity index (χ0v) is 77.7. The second-order valence-corrected chi connectivity index (χ2v) is 33.2. The number of nitrogens with zero attached hydrogens (tertiary/aromatic N) is 6. The lowest BCUT2D eigenvalue weighted by atomic mass is 9.84. The average molecular weight is 1760 g/mol. The van der Waals surface area contributed by atoms with Gasteiger partial charge in [0.05, 0.1) is 121 Å². The van der Waals surface area contributed by atoms with Gasteiger partial charge in [-0.3, -0.25) is 28.9 Å². The van der Waals surface area contributed by atoms with Gasteiger partial charge in [-0.15, -0.1) is 0 Å². The normalized spacial score (nSPS) is 20.9. The number of aliphatic carboxylic acids is 4. The third-order valence-corrected chi connectivity index (χ3v) is 24.2. The second kappa shape index (κ2) is 52.7. The number of ether oxygens (including phenoxy) is 11. The fraction of sp³-hybridized carbons (Fsp3) is 0.475. The summed E-state index contributed by atoms with van der Waals surface area (Å²) < 4.78 is 59.4. The molecule has 0 saturated carbocycles. The predicted molar refractivity (Wildman–Crippen MR) is 495 cm³/mol. The molecule has 8 aromatic carbocycles. The van der Waals surface area contributed by atoms with Crippen LogP contribution in [0.1, 0.15) is 125 Å². The number of amides is 1. The zero-order valence-electron chi connectivity index (χ0n) is 77.7. The van der Waals surface area contributed by atoms with Crippen LogP contribution in [0.2, 0.25) is 0 Å². The maximum Gasteiger partial charge on any atom is 0.308 e. The summed E-state index contributed by atoms with van der Waals surface area (Å²) in [6.45, 7) is 14.0. The monoisotopic (exact) mass is 1760 g/mol. The summed E-state index contributed by atoms with van der Waals surface area (Å²) in [7, 11) is 25.6. The van der Waals surface area contributed by atoms with Crippen LogP contribution in [0, 0.1) is 23.7 Å². The Morgan fingerprint density at radius 2 is 0.740 bits per heavy atom. The van der Waals surface area contributed by atoms with Crippen LogP contribution >= 0.6 is 0 Å². The van der Waals surface area contributed by atoms with Crippen molar-refractivity contribution in [2.75, 3.05) is 165 Å². The maximum atomic E-state index is 13.9. The van der Waals surface area contributed by atoms with E-state index in [1.165, 1.54) is 0 Å². The van der Waals surface area contributed by atoms with Gasteiger partial charge in [-0.25, -0.2) is 0 Å². The number of carboxylic acids is 4. The summed E-state index contributed by atoms with van der Waals surface area (Å²) in [5.41, 5.74) is 4.02. The van der Waals surface area contributed by atoms with E-state index < -0.39 is 41.8 Å². The van der Waals surface area contributed by atoms with Gasteiger partial charge < -0.3 is 96.6 Å². The molecule has 1 amide bonds. The molecule has 0 unspecified atom stereocenters. The highest BCUT2D eigenvalue weighted by molar-refractivity contribution is 5.79. The van der Waals surface area contributed by atoms with E-state index in [9.17, 15) is 44.4 Å². The van der Waals surface area contributed by atoms with Crippen LogP contribution < -0.4 is 52.1 Å². The van der Waals surface area contributed by atoms with Gasteiger partial charge in [0.15, 0.2) is 23.0 Å². The van der Waals surface area contributed by atoms with E-state index in [-0.39, 0.29) is 79.5 Å². The van der Waals surface area contributed by atoms with Crippen molar-refractivity contribution < 1.29 is 101 Å². The zero-order chi connectivity index (χ0) is 92.7. The molecule has 5 heterocycles. The van der Waals surface area contributed by atoms with E-state index >= 15 is 0 Å². The fourth-order valence-corrected chi connectivity index (χ4v) is 17.6. The van der Waals surface area contributed by atoms with E-state index in [0.29, 0.717) is 54.8 Å². The highest BCUT2D eigenvalue weighted by atomic mass is 16.7. The Hall–Kier alpha value is -11.3. The van der Waals surface area contributed by atoms with Crippen molar-refractivity contribution in [3.8, 4) is 63.2 Å². The summed E-state index contributed by atoms with van der Waals surface area (Å²) >= 11 is 0. The van der Waals surface area contributed by atoms with Crippen LogP contribution in [0.5, 0.6) is 63.2 Å². The minimum absolute atomic E-state index is 0.0300. The van der Waals surface area contributed by atoms with Gasteiger partial charge in [0.2, 0.25) is 18.4 Å². The lowest BCUT2D eigenvalue weighted by Crippen LogP contribution is -2.45. The molecule has 5 aliphatic rings. The van der Waals surface area contributed by atoms with Crippen LogP contribution in [0.25, 0.3) is 0 Å². The molecule has 127 heavy (non-hydrogen) atoms. The van der Waals surface area contributed by atoms with Crippen molar-refractivity contribution in [2.45, 2.75) is 127 Å². The Kier molecular flexibility index (Phi) is 42.7. The molecule has 4 saturated heterocycles. The molecule has 0 aromatic heterocycles. The number of carboxylic acid groups (broad SMARTS) is 4. The summed E-state index contributed by atoms with van der Waals surface area (Å²) in [5.74, 6) is 2.88. The van der Waals surface area contributed by atoms with Gasteiger partial charge in [-0.05, 0) is 185 Å². The molecule has 0 bridgehead atoms. The Morgan fingerprint density at radius 3 is 1.08 bits per heavy atom. The molecule has 0 radical (unpaired) electrons. The van der Waals surface area contributed by atoms with Gasteiger partial charge in [0.25, 0.3) is 0 Å². The molecule has 0 spiro atoms. The first-order valence-corrected chi connectivity index (χ1v) is 43.9. The van der Waals surface area contributed by atoms with E-state index in [1.807, 2.05) is 252 Å². The number of likely N-dealkylation sites (tertiary alicyclic amines) is 4. The smallest absolute Gasteiger partial charge is 0.308 e. The molecule has 26 heteroatoms. The van der Waals surface area contributed by atoms with Gasteiger partial charge >= 0.3 is 23.9 Å². The number of hydrogen-bond acceptors (Lipinski definition) is 20. The number of carbonyl (C=O) groups excluding carboxylic acids is 1. The number of unbranched alkanes of at least 4 members (excludes halogenated alkanes) is 2. The maximum absolute atomic E-state index is 13.9. The average Bonchev–Trinajstić information content (AvgIpc) is 1.60. The number of hydrogen-bond donors (Lipinski definition) is 4. The van der Waals surface area contributed by atoms with Crippen molar-refractivity contribution >= 4 is 29.8 Å². The highest BCUT2D eigenvalue weighted by Crippen LogP contribution is 2.48. The largest absolute Gasteiger partial charge is 0.497 e. The number of methoxy groups -OCH3 is 8. The molecule has 5 aliphatic heterocycles. The topological polar surface area (TPSA) is 284 Å². The quantitative estimate of drug-likeness (QED) is 0.0220. The number of fused-ring (bicyclic) bond motifs is 1. The molecular weight excluding hydrogens is 1620 g/mol. The summed E-state index contributed by atoms with van der Waals surface area (Å²) in [5, 5.41) is 39.2. The molecule has 0 aliphatic carbocycles. The van der Waals surface area contributed by atoms with Crippen molar-refractivity contribution in [1.82, 2.24) is 24.5 Å². The van der Waals surface area contributed by atoms with Crippen molar-refractivity contribution in [3.63, 3.8) is 0 Å². The van der Waals surface area contributed by atoms with Crippen molar-refractivity contribution in [3.05, 3.63) is 222 Å². The number of likely N-dealkylation sites (N-methyl/N-ethyl adjacent to an activating group) is 3. The van der Waals surface area contributed by atoms with Crippen molar-refractivity contribution in [1.29, 1.82) is 0 Å². The standard InChI is InChI=1S/C35H51N3O8.3C15H21NO3.3C7H8O/c1-7-8-16-36(17-11-12-18-38(2,3)4)32(39)23-37-22-26(25-20-30(43-6)34-31(21-25)45-24-46-34)33(35(40)41)27(37)15-19-44-29-14-10-9-13-28(29)42-5;3*1-4-13-14(15(17)18)12(9-16(13)2)10-5-7-11(19-3)8-6-10;3*1-8-7-5-3-2-4-6-7/h9-10,13-14,20-21,26-27,33H,7-8,11-12,15-19,22-24H2,1-6H3;3*5-8,12-14H,4,9H2,1-3H3,(H,17,18);3*2-6H,1H3/p+1/t26-,27+,33-;3*12-,13+,14-;;;/m1111.../s1. The molecular formula is C101H139N6O20+. The predicted octanol–water partition coefficient (Wildman–Crippen LogP) is 16.2. The van der Waals surface area contributed by atoms with Gasteiger partial charge in [-0.1, -0.05) is 137 Å². The Morgan fingerprint density at radius 1 is 0.394 bits per heavy atom. The molecule has 4 N–H and O–H groups in total. The third-order valence-electron chi connectivity index (χ3n) is 24.2. The van der Waals surface area contributed by atoms with E-state index in [1.54, 1.807) is 56.9 Å². The van der Waals surface area contributed by atoms with Crippen LogP contribution in [-0.4, -0.2) is 268 Å². The Bertz CT molecular complexity index is 4250. The molecule has 8 aromatic rings. The molecule has 12 atom stereocenters. The lowest BCUT2D eigenvalue weighted by Gasteiger charge is -2.30. The van der Waals surface area contributed by atoms with Crippen LogP contribution in [0.3, 0.4) is 0 Å². The van der Waals surface area contributed by atoms with Crippen molar-refractivity contribution in [2.24, 2.45) is 23.7 Å². The summed E-state index contributed by atoms with van der Waals surface area (Å²) in [4.78, 5) is 72.1. The molecule has 692 valence electrons. The van der Waals surface area contributed by atoms with E-state index in [2.05, 4.69) is 42.8 Å². The number of carbonyl (C=O) groups is 5. The molecule has 26 nitrogen and oxygen atoms in total. The lowest BCUT2D eigenvalue weighted by molar-refractivity contribution is -0.870. The minimum Gasteiger partial charge on any atom is -0.497 e. The van der Waals surface area contributed by atoms with Gasteiger partial charge in [0.1, 0.15) is 34.5 Å². The Labute approximate surface area is 752 Å². The third kappa shape index (κ3) is 30.2. The van der Waals surface area contributed by atoms with Crippen LogP contribution in [0.15, 0.2) is 200 Å². The van der Waals surface area contributed by atoms with Crippen LogP contribution in [-0.2, 0) is 24.0 Å². The minimum atomic E-state index is -0.915. The first kappa shape index (κ1) is 103. The number of benzene rings is 8. The first-order chi connectivity index (χ1) is 61.1. The number of para-hydroxylation sites is 5. The van der Waals surface area contributed by atoms with E-state index in [0.717, 1.165) is 132 Å². The first-order valence-electron chi connectivity index (χ1n) is 43.9. The SMILES string of the molecule is CCCCN(CCCC[N+](C)(C)C)C(=O)CN1C[C@H](c2cc(OC)c3c(c2)OCO3)[C@@H](C(=O)O)[C@@H]1CCOc1ccccc1OC.CC[C@H]1[C@H](C(=O)O)[C@@H](c2ccc(OC)cc2)CN1C.CC[C@H]1[C@H](C(=O)O)[C@@H](c2ccc(OC)cc2)CN1C.CC[C@H]1[C@H](C(=O)O)[C@@H](c2ccc(OC)cc2)CN1C.COc1ccccc1.COc1ccccc1.COc1ccccc1. The number of quaternary nitrogens is 1. The highest BCUT2D eigenvalue weighted by Gasteiger charge is 2.50. The number of rotatable bonds is 33. The Balaban J connectivity index is 0.000000226. The van der Waals surface area contributed by atoms with Gasteiger partial charge in [-0.2, -0.15) is 0 Å². The van der Waals surface area contributed by atoms with E-state index in [4.69, 9.17) is 52.1 Å². The second-order valence-electron chi connectivity index (χ2n) is 33.2. The summed E-state index contributed by atoms with van der Waals surface area (Å²) in [6, 6.07) is 63.3. The van der Waals surface area contributed by atoms with Crippen LogP contribution in [0.4, 0.5) is 0 Å². The fourth-order valence-electron chi connectivity index (χ4n) is 17.6.